The molecule has 316 valence electrons. The van der Waals surface area contributed by atoms with Crippen LogP contribution in [0.1, 0.15) is 101 Å². The molecule has 5 aromatic rings. The van der Waals surface area contributed by atoms with Crippen LogP contribution in [0.3, 0.4) is 0 Å². The lowest BCUT2D eigenvalue weighted by atomic mass is 9.88. The third kappa shape index (κ3) is 8.45. The minimum atomic E-state index is -0.611. The van der Waals surface area contributed by atoms with Gasteiger partial charge in [0.1, 0.15) is 36.0 Å². The Morgan fingerprint density at radius 1 is 1.07 bits per heavy atom. The number of amides is 1. The van der Waals surface area contributed by atoms with Crippen molar-refractivity contribution in [3.8, 4) is 35.2 Å². The number of methoxy groups -OCH3 is 1. The molecule has 1 unspecified atom stereocenters. The molecule has 3 aliphatic rings. The second kappa shape index (κ2) is 16.9. The minimum absolute atomic E-state index is 0.0811. The molecule has 60 heavy (non-hydrogen) atoms. The minimum Gasteiger partial charge on any atom is -0.486 e. The van der Waals surface area contributed by atoms with Gasteiger partial charge in [-0.05, 0) is 114 Å². The molecule has 13 heteroatoms. The van der Waals surface area contributed by atoms with Crippen LogP contribution in [0.4, 0.5) is 15.0 Å². The number of benzene rings is 3. The fourth-order valence-electron chi connectivity index (χ4n) is 8.23. The molecular formula is C47H55FN6O6. The van der Waals surface area contributed by atoms with Crippen molar-refractivity contribution < 1.29 is 32.9 Å². The Hall–Kier alpha value is -5.45. The third-order valence-electron chi connectivity index (χ3n) is 11.8. The topological polar surface area (TPSA) is 113 Å². The number of terminal acetylenes is 1. The highest BCUT2D eigenvalue weighted by molar-refractivity contribution is 6.06. The highest BCUT2D eigenvalue weighted by Gasteiger charge is 2.37. The maximum Gasteiger partial charge on any atom is 0.410 e. The van der Waals surface area contributed by atoms with E-state index in [9.17, 15) is 4.79 Å². The first-order valence-electron chi connectivity index (χ1n) is 21.0. The standard InChI is InChI=1S/C47H55FN6O6/c1-9-30-13-15-31(16-14-30)27-58-43-41(40-29(3)37(48)23-38-36(40)24-49-54(38)39-12-10-11-21-57-39)34(32-17-18-32)22-35-42(43)50-45(59-26-28(2)56-8)51-44(35)52(7)33-19-20-53(25-33)46(55)60-47(4,5)6/h1,13-16,22-24,28,32-33,39H,10-12,17-21,25-27H2,2-8H3/t28-,33+,39?/m0/s1. The molecule has 2 saturated heterocycles. The number of halogens is 1. The normalized spacial score (nSPS) is 18.8. The maximum absolute atomic E-state index is 16.5. The van der Waals surface area contributed by atoms with E-state index in [1.54, 1.807) is 18.1 Å². The quantitative estimate of drug-likeness (QED) is 0.113. The van der Waals surface area contributed by atoms with Crippen LogP contribution < -0.4 is 14.4 Å². The van der Waals surface area contributed by atoms with Crippen molar-refractivity contribution in [1.29, 1.82) is 0 Å². The molecule has 3 aromatic carbocycles. The first-order valence-corrected chi connectivity index (χ1v) is 21.0. The summed E-state index contributed by atoms with van der Waals surface area (Å²) in [5, 5.41) is 6.40. The highest BCUT2D eigenvalue weighted by Crippen LogP contribution is 2.53. The Labute approximate surface area is 351 Å². The maximum atomic E-state index is 16.5. The van der Waals surface area contributed by atoms with Gasteiger partial charge in [-0.15, -0.1) is 6.42 Å². The smallest absolute Gasteiger partial charge is 0.410 e. The van der Waals surface area contributed by atoms with Crippen molar-refractivity contribution in [3.63, 3.8) is 0 Å². The van der Waals surface area contributed by atoms with Crippen LogP contribution in [-0.4, -0.2) is 88.9 Å². The second-order valence-electron chi connectivity index (χ2n) is 17.3. The van der Waals surface area contributed by atoms with Gasteiger partial charge in [0.25, 0.3) is 0 Å². The summed E-state index contributed by atoms with van der Waals surface area (Å²) in [6.45, 7) is 11.4. The van der Waals surface area contributed by atoms with Crippen LogP contribution in [0, 0.1) is 25.1 Å². The van der Waals surface area contributed by atoms with Crippen LogP contribution in [0.15, 0.2) is 42.6 Å². The van der Waals surface area contributed by atoms with Gasteiger partial charge < -0.3 is 33.5 Å². The van der Waals surface area contributed by atoms with Crippen LogP contribution >= 0.6 is 0 Å². The van der Waals surface area contributed by atoms with Crippen LogP contribution in [-0.2, 0) is 20.8 Å². The Morgan fingerprint density at radius 2 is 1.85 bits per heavy atom. The molecule has 0 bridgehead atoms. The van der Waals surface area contributed by atoms with E-state index in [4.69, 9.17) is 45.2 Å². The van der Waals surface area contributed by atoms with Gasteiger partial charge in [-0.2, -0.15) is 15.1 Å². The lowest BCUT2D eigenvalue weighted by Crippen LogP contribution is -2.39. The summed E-state index contributed by atoms with van der Waals surface area (Å²) in [7, 11) is 3.62. The third-order valence-corrected chi connectivity index (χ3v) is 11.8. The SMILES string of the molecule is C#Cc1ccc(COc2c(-c3c(C)c(F)cc4c3cnn4C3CCCCO3)c(C3CC3)cc3c(N(C)[C@@H]4CCN(C(=O)OC(C)(C)C)C4)nc(OC[C@H](C)OC)nc23)cc1. The number of likely N-dealkylation sites (N-methyl/N-ethyl adjacent to an activating group) is 1. The summed E-state index contributed by atoms with van der Waals surface area (Å²) >= 11 is 0. The van der Waals surface area contributed by atoms with Gasteiger partial charge >= 0.3 is 12.1 Å². The lowest BCUT2D eigenvalue weighted by molar-refractivity contribution is -0.0366. The fourth-order valence-corrected chi connectivity index (χ4v) is 8.23. The Morgan fingerprint density at radius 3 is 2.53 bits per heavy atom. The van der Waals surface area contributed by atoms with E-state index in [2.05, 4.69) is 16.9 Å². The van der Waals surface area contributed by atoms with E-state index in [1.807, 2.05) is 76.8 Å². The van der Waals surface area contributed by atoms with Gasteiger partial charge in [-0.25, -0.2) is 13.9 Å². The second-order valence-corrected chi connectivity index (χ2v) is 17.3. The molecule has 1 aliphatic carbocycles. The zero-order chi connectivity index (χ0) is 42.3. The number of carbonyl (C=O) groups excluding carboxylic acids is 1. The molecule has 0 spiro atoms. The van der Waals surface area contributed by atoms with Crippen LogP contribution in [0.2, 0.25) is 0 Å². The van der Waals surface area contributed by atoms with Crippen molar-refractivity contribution in [1.82, 2.24) is 24.6 Å². The summed E-state index contributed by atoms with van der Waals surface area (Å²) in [5.74, 6) is 3.67. The molecular weight excluding hydrogens is 764 g/mol. The molecule has 3 fully saturated rings. The fraction of sp³-hybridized carbons (Fsp3) is 0.489. The van der Waals surface area contributed by atoms with Crippen LogP contribution in [0.25, 0.3) is 32.9 Å². The number of carbonyl (C=O) groups is 1. The number of ether oxygens (including phenoxy) is 5. The van der Waals surface area contributed by atoms with Crippen molar-refractivity contribution in [2.75, 3.05) is 45.4 Å². The molecule has 0 N–H and O–H groups in total. The first-order chi connectivity index (χ1) is 28.8. The van der Waals surface area contributed by atoms with Gasteiger partial charge in [-0.1, -0.05) is 18.1 Å². The molecule has 8 rings (SSSR count). The first kappa shape index (κ1) is 41.3. The Bertz CT molecular complexity index is 2430. The number of nitrogens with zero attached hydrogens (tertiary/aromatic N) is 6. The predicted molar refractivity (Wildman–Crippen MR) is 229 cm³/mol. The number of fused-ring (bicyclic) bond motifs is 2. The van der Waals surface area contributed by atoms with Gasteiger partial charge in [0.15, 0.2) is 12.0 Å². The number of likely N-dealkylation sites (tertiary alicyclic amines) is 1. The monoisotopic (exact) mass is 818 g/mol. The number of aromatic nitrogens is 4. The van der Waals surface area contributed by atoms with Gasteiger partial charge in [0, 0.05) is 73.4 Å². The molecule has 2 aromatic heterocycles. The number of hydrogen-bond donors (Lipinski definition) is 0. The molecule has 4 heterocycles. The Kier molecular flexibility index (Phi) is 11.6. The summed E-state index contributed by atoms with van der Waals surface area (Å²) < 4.78 is 49.0. The van der Waals surface area contributed by atoms with Crippen LogP contribution in [0.5, 0.6) is 11.8 Å². The van der Waals surface area contributed by atoms with E-state index < -0.39 is 5.60 Å². The lowest BCUT2D eigenvalue weighted by Gasteiger charge is -2.29. The largest absolute Gasteiger partial charge is 0.486 e. The van der Waals surface area contributed by atoms with Gasteiger partial charge in [0.05, 0.1) is 17.8 Å². The molecule has 1 saturated carbocycles. The average Bonchev–Trinajstić information content (AvgIpc) is 3.81. The summed E-state index contributed by atoms with van der Waals surface area (Å²) in [5.41, 5.74) is 5.24. The summed E-state index contributed by atoms with van der Waals surface area (Å²) in [6, 6.07) is 11.5. The molecule has 1 amide bonds. The van der Waals surface area contributed by atoms with Crippen molar-refractivity contribution in [3.05, 3.63) is 70.7 Å². The molecule has 0 radical (unpaired) electrons. The van der Waals surface area contributed by atoms with E-state index in [1.165, 1.54) is 0 Å². The number of hydrogen-bond acceptors (Lipinski definition) is 10. The average molecular weight is 819 g/mol. The molecule has 3 atom stereocenters. The molecule has 12 nitrogen and oxygen atoms in total. The Balaban J connectivity index is 1.34. The van der Waals surface area contributed by atoms with E-state index in [0.717, 1.165) is 65.1 Å². The number of anilines is 1. The zero-order valence-electron chi connectivity index (χ0n) is 35.7. The van der Waals surface area contributed by atoms with Crippen molar-refractivity contribution >= 4 is 33.7 Å². The molecule has 2 aliphatic heterocycles. The summed E-state index contributed by atoms with van der Waals surface area (Å²) in [6.07, 6.45) is 12.1. The predicted octanol–water partition coefficient (Wildman–Crippen LogP) is 9.09. The van der Waals surface area contributed by atoms with Crippen molar-refractivity contribution in [2.24, 2.45) is 0 Å². The van der Waals surface area contributed by atoms with Gasteiger partial charge in [0.2, 0.25) is 0 Å². The van der Waals surface area contributed by atoms with Crippen molar-refractivity contribution in [2.45, 2.75) is 110 Å². The zero-order valence-corrected chi connectivity index (χ0v) is 35.7. The highest BCUT2D eigenvalue weighted by atomic mass is 19.1. The van der Waals surface area contributed by atoms with E-state index >= 15 is 4.39 Å². The van der Waals surface area contributed by atoms with E-state index in [0.29, 0.717) is 59.8 Å². The summed E-state index contributed by atoms with van der Waals surface area (Å²) in [4.78, 5) is 27.2. The van der Waals surface area contributed by atoms with Gasteiger partial charge in [-0.3, -0.25) is 0 Å². The number of rotatable bonds is 12. The van der Waals surface area contributed by atoms with E-state index in [-0.39, 0.29) is 55.4 Å².